The van der Waals surface area contributed by atoms with Crippen molar-refractivity contribution < 1.29 is 34.1 Å². The summed E-state index contributed by atoms with van der Waals surface area (Å²) in [5, 5.41) is 19.9. The van der Waals surface area contributed by atoms with Crippen LogP contribution in [0.25, 0.3) is 0 Å². The fraction of sp³-hybridized carbons (Fsp3) is 0.864. The molecule has 0 amide bonds. The van der Waals surface area contributed by atoms with E-state index >= 15 is 0 Å². The van der Waals surface area contributed by atoms with Crippen LogP contribution in [0.15, 0.2) is 0 Å². The first-order valence-corrected chi connectivity index (χ1v) is 11.1. The highest BCUT2D eigenvalue weighted by molar-refractivity contribution is 5.89. The smallest absolute Gasteiger partial charge is 0.339 e. The average molecular weight is 413 g/mol. The molecule has 2 N–H and O–H groups in total. The van der Waals surface area contributed by atoms with E-state index in [1.54, 1.807) is 6.92 Å². The van der Waals surface area contributed by atoms with Crippen LogP contribution in [0.4, 0.5) is 0 Å². The minimum atomic E-state index is -2.42. The molecule has 7 nitrogen and oxygen atoms in total. The Kier molecular flexibility index (Phi) is 8.93. The fourth-order valence-electron chi connectivity index (χ4n) is 4.62. The van der Waals surface area contributed by atoms with Gasteiger partial charge in [-0.1, -0.05) is 38.5 Å². The number of carbonyl (C=O) groups is 3. The van der Waals surface area contributed by atoms with Crippen LogP contribution in [0.3, 0.4) is 0 Å². The second-order valence-corrected chi connectivity index (χ2v) is 8.88. The maximum atomic E-state index is 12.6. The Hall–Kier alpha value is -1.63. The summed E-state index contributed by atoms with van der Waals surface area (Å²) in [6, 6.07) is 0. The molecule has 0 heterocycles. The number of hydrogen-bond acceptors (Lipinski definition) is 6. The largest absolute Gasteiger partial charge is 0.481 e. The molecule has 0 bridgehead atoms. The minimum Gasteiger partial charge on any atom is -0.481 e. The Morgan fingerprint density at radius 1 is 0.828 bits per heavy atom. The lowest BCUT2D eigenvalue weighted by atomic mass is 9.85. The van der Waals surface area contributed by atoms with Crippen LogP contribution in [0.5, 0.6) is 0 Å². The summed E-state index contributed by atoms with van der Waals surface area (Å²) in [4.78, 5) is 36.3. The maximum Gasteiger partial charge on any atom is 0.339 e. The molecule has 166 valence electrons. The summed E-state index contributed by atoms with van der Waals surface area (Å²) in [7, 11) is 0. The van der Waals surface area contributed by atoms with Gasteiger partial charge in [-0.15, -0.1) is 0 Å². The monoisotopic (exact) mass is 412 g/mol. The SMILES string of the molecule is CC(OC(=O)CC(O)(CC(=O)O)C(=O)OC(C)C1CCCCC1)C1CCCCC1. The minimum absolute atomic E-state index is 0.194. The number of carboxylic acids is 1. The number of aliphatic carboxylic acids is 1. The van der Waals surface area contributed by atoms with Gasteiger partial charge in [0.05, 0.1) is 12.8 Å². The van der Waals surface area contributed by atoms with E-state index < -0.39 is 42.5 Å². The fourth-order valence-corrected chi connectivity index (χ4v) is 4.62. The van der Waals surface area contributed by atoms with Crippen LogP contribution in [0, 0.1) is 11.8 Å². The number of carboxylic acid groups (broad SMARTS) is 1. The zero-order valence-electron chi connectivity index (χ0n) is 17.7. The highest BCUT2D eigenvalue weighted by Crippen LogP contribution is 2.31. The third-order valence-corrected chi connectivity index (χ3v) is 6.50. The van der Waals surface area contributed by atoms with Gasteiger partial charge in [0.25, 0.3) is 0 Å². The predicted octanol–water partition coefficient (Wildman–Crippen LogP) is 3.61. The molecule has 0 aromatic rings. The summed E-state index contributed by atoms with van der Waals surface area (Å²) in [6.45, 7) is 3.58. The highest BCUT2D eigenvalue weighted by atomic mass is 16.6. The Labute approximate surface area is 173 Å². The molecule has 7 heteroatoms. The summed E-state index contributed by atoms with van der Waals surface area (Å²) in [5.41, 5.74) is -2.42. The standard InChI is InChI=1S/C22H36O7/c1-15(17-9-5-3-6-10-17)28-20(25)14-22(27,13-19(23)24)21(26)29-16(2)18-11-7-4-8-12-18/h15-18,27H,3-14H2,1-2H3,(H,23,24). The molecule has 2 rings (SSSR count). The molecule has 3 atom stereocenters. The molecule has 2 saturated carbocycles. The third kappa shape index (κ3) is 7.28. The van der Waals surface area contributed by atoms with E-state index in [2.05, 4.69) is 0 Å². The predicted molar refractivity (Wildman–Crippen MR) is 106 cm³/mol. The van der Waals surface area contributed by atoms with E-state index in [4.69, 9.17) is 14.6 Å². The van der Waals surface area contributed by atoms with E-state index in [1.807, 2.05) is 6.92 Å². The lowest BCUT2D eigenvalue weighted by Crippen LogP contribution is -2.46. The lowest BCUT2D eigenvalue weighted by molar-refractivity contribution is -0.184. The highest BCUT2D eigenvalue weighted by Gasteiger charge is 2.44. The molecule has 0 aromatic heterocycles. The first kappa shape index (κ1) is 23.6. The molecular weight excluding hydrogens is 376 g/mol. The normalized spacial score (nSPS) is 22.9. The van der Waals surface area contributed by atoms with E-state index in [0.29, 0.717) is 0 Å². The molecule has 0 saturated heterocycles. The number of rotatable bonds is 9. The topological polar surface area (TPSA) is 110 Å². The molecule has 2 aliphatic rings. The quantitative estimate of drug-likeness (QED) is 0.557. The van der Waals surface area contributed by atoms with Crippen LogP contribution in [-0.2, 0) is 23.9 Å². The van der Waals surface area contributed by atoms with Crippen LogP contribution in [0.1, 0.15) is 90.9 Å². The van der Waals surface area contributed by atoms with Crippen LogP contribution in [0.2, 0.25) is 0 Å². The Morgan fingerprint density at radius 2 is 1.28 bits per heavy atom. The molecule has 29 heavy (non-hydrogen) atoms. The number of hydrogen-bond donors (Lipinski definition) is 2. The molecule has 2 fully saturated rings. The van der Waals surface area contributed by atoms with Gasteiger partial charge in [0.2, 0.25) is 0 Å². The second-order valence-electron chi connectivity index (χ2n) is 8.88. The van der Waals surface area contributed by atoms with Crippen molar-refractivity contribution in [2.75, 3.05) is 0 Å². The summed E-state index contributed by atoms with van der Waals surface area (Å²) in [6.07, 6.45) is 8.14. The Balaban J connectivity index is 1.96. The van der Waals surface area contributed by atoms with Crippen molar-refractivity contribution >= 4 is 17.9 Å². The van der Waals surface area contributed by atoms with Gasteiger partial charge in [-0.05, 0) is 51.4 Å². The molecular formula is C22H36O7. The summed E-state index contributed by atoms with van der Waals surface area (Å²) < 4.78 is 10.9. The first-order valence-electron chi connectivity index (χ1n) is 11.1. The van der Waals surface area contributed by atoms with Gasteiger partial charge < -0.3 is 19.7 Å². The van der Waals surface area contributed by atoms with Gasteiger partial charge in [-0.2, -0.15) is 0 Å². The van der Waals surface area contributed by atoms with Crippen molar-refractivity contribution in [2.45, 2.75) is 109 Å². The van der Waals surface area contributed by atoms with E-state index in [-0.39, 0.29) is 17.9 Å². The van der Waals surface area contributed by atoms with Crippen molar-refractivity contribution in [3.63, 3.8) is 0 Å². The number of aliphatic hydroxyl groups is 1. The number of carbonyl (C=O) groups excluding carboxylic acids is 2. The number of ether oxygens (including phenoxy) is 2. The number of esters is 2. The van der Waals surface area contributed by atoms with Crippen LogP contribution in [-0.4, -0.2) is 45.9 Å². The van der Waals surface area contributed by atoms with Gasteiger partial charge in [0, 0.05) is 0 Å². The Bertz CT molecular complexity index is 564. The molecule has 2 aliphatic carbocycles. The van der Waals surface area contributed by atoms with Crippen molar-refractivity contribution in [3.05, 3.63) is 0 Å². The van der Waals surface area contributed by atoms with Crippen molar-refractivity contribution in [2.24, 2.45) is 11.8 Å². The van der Waals surface area contributed by atoms with Crippen LogP contribution >= 0.6 is 0 Å². The maximum absolute atomic E-state index is 12.6. The van der Waals surface area contributed by atoms with Crippen molar-refractivity contribution in [1.29, 1.82) is 0 Å². The zero-order valence-corrected chi connectivity index (χ0v) is 17.7. The molecule has 0 radical (unpaired) electrons. The van der Waals surface area contributed by atoms with Gasteiger partial charge in [0.1, 0.15) is 12.2 Å². The Morgan fingerprint density at radius 3 is 1.72 bits per heavy atom. The second kappa shape index (κ2) is 11.0. The average Bonchev–Trinajstić information content (AvgIpc) is 2.68. The third-order valence-electron chi connectivity index (χ3n) is 6.50. The summed E-state index contributed by atoms with van der Waals surface area (Å²) in [5.74, 6) is -2.74. The van der Waals surface area contributed by atoms with E-state index in [0.717, 1.165) is 57.8 Å². The molecule has 0 aromatic carbocycles. The van der Waals surface area contributed by atoms with Gasteiger partial charge in [-0.25, -0.2) is 4.79 Å². The lowest BCUT2D eigenvalue weighted by Gasteiger charge is -2.31. The molecule has 3 unspecified atom stereocenters. The van der Waals surface area contributed by atoms with Crippen molar-refractivity contribution in [1.82, 2.24) is 0 Å². The van der Waals surface area contributed by atoms with Gasteiger partial charge >= 0.3 is 17.9 Å². The van der Waals surface area contributed by atoms with Gasteiger partial charge in [0.15, 0.2) is 5.60 Å². The van der Waals surface area contributed by atoms with E-state index in [1.165, 1.54) is 6.42 Å². The van der Waals surface area contributed by atoms with E-state index in [9.17, 15) is 19.5 Å². The van der Waals surface area contributed by atoms with Gasteiger partial charge in [-0.3, -0.25) is 9.59 Å². The zero-order chi connectivity index (χ0) is 21.4. The first-order chi connectivity index (χ1) is 13.7. The van der Waals surface area contributed by atoms with Crippen molar-refractivity contribution in [3.8, 4) is 0 Å². The van der Waals surface area contributed by atoms with Crippen LogP contribution < -0.4 is 0 Å². The molecule has 0 spiro atoms. The summed E-state index contributed by atoms with van der Waals surface area (Å²) >= 11 is 0. The molecule has 0 aliphatic heterocycles.